The topological polar surface area (TPSA) is 107 Å². The molecule has 1 fully saturated rings. The van der Waals surface area contributed by atoms with Gasteiger partial charge in [-0.25, -0.2) is 8.42 Å². The van der Waals surface area contributed by atoms with E-state index in [0.717, 1.165) is 12.3 Å². The molecule has 0 bridgehead atoms. The molecule has 1 heterocycles. The number of hydrogen-bond acceptors (Lipinski definition) is 7. The van der Waals surface area contributed by atoms with Crippen LogP contribution >= 0.6 is 0 Å². The molecule has 0 amide bonds. The highest BCUT2D eigenvalue weighted by Gasteiger charge is 2.41. The summed E-state index contributed by atoms with van der Waals surface area (Å²) in [6.07, 6.45) is 0.608. The molecule has 1 unspecified atom stereocenters. The quantitative estimate of drug-likeness (QED) is 0.708. The zero-order chi connectivity index (χ0) is 19.2. The molecule has 140 valence electrons. The molecule has 2 rings (SSSR count). The summed E-state index contributed by atoms with van der Waals surface area (Å²) in [6.45, 7) is 1.66. The fraction of sp³-hybridized carbons (Fsp3) is 0.471. The summed E-state index contributed by atoms with van der Waals surface area (Å²) in [7, 11) is 1.71. The van der Waals surface area contributed by atoms with Crippen LogP contribution in [-0.4, -0.2) is 64.4 Å². The number of nitriles is 1. The highest BCUT2D eigenvalue weighted by atomic mass is 32.2. The van der Waals surface area contributed by atoms with Crippen LogP contribution < -0.4 is 9.46 Å². The number of nitrogens with one attached hydrogen (secondary N) is 1. The Labute approximate surface area is 154 Å². The van der Waals surface area contributed by atoms with E-state index in [1.165, 1.54) is 12.6 Å². The van der Waals surface area contributed by atoms with Gasteiger partial charge >= 0.3 is 0 Å². The lowest BCUT2D eigenvalue weighted by Gasteiger charge is -2.11. The lowest BCUT2D eigenvalue weighted by molar-refractivity contribution is 0.312. The van der Waals surface area contributed by atoms with Crippen molar-refractivity contribution in [1.29, 1.82) is 5.26 Å². The van der Waals surface area contributed by atoms with Crippen LogP contribution in [0.3, 0.4) is 0 Å². The molecule has 1 N–H and O–H groups in total. The van der Waals surface area contributed by atoms with E-state index in [2.05, 4.69) is 19.6 Å². The van der Waals surface area contributed by atoms with E-state index in [4.69, 9.17) is 10.00 Å². The Morgan fingerprint density at radius 2 is 2.15 bits per heavy atom. The average Bonchev–Trinajstić information content (AvgIpc) is 2.83. The van der Waals surface area contributed by atoms with Crippen molar-refractivity contribution in [2.45, 2.75) is 18.2 Å². The van der Waals surface area contributed by atoms with Gasteiger partial charge in [0.1, 0.15) is 11.5 Å². The summed E-state index contributed by atoms with van der Waals surface area (Å²) >= 11 is 0. The van der Waals surface area contributed by atoms with Crippen molar-refractivity contribution >= 4 is 21.6 Å². The van der Waals surface area contributed by atoms with Crippen molar-refractivity contribution < 1.29 is 13.2 Å². The Kier molecular flexibility index (Phi) is 6.71. The first kappa shape index (κ1) is 19.9. The van der Waals surface area contributed by atoms with Crippen LogP contribution in [0.25, 0.3) is 0 Å². The molecule has 1 atom stereocenters. The number of sulfonamides is 1. The van der Waals surface area contributed by atoms with Gasteiger partial charge < -0.3 is 9.64 Å². The van der Waals surface area contributed by atoms with Crippen LogP contribution in [0.15, 0.2) is 34.3 Å². The maximum Gasteiger partial charge on any atom is 0.256 e. The average molecular weight is 377 g/mol. The minimum Gasteiger partial charge on any atom is -0.494 e. The Bertz CT molecular complexity index is 840. The van der Waals surface area contributed by atoms with Crippen LogP contribution in [0.5, 0.6) is 5.75 Å². The number of hydrogen-bond donors (Lipinski definition) is 1. The third kappa shape index (κ3) is 5.03. The van der Waals surface area contributed by atoms with Crippen LogP contribution in [0.4, 0.5) is 0 Å². The molecule has 1 saturated heterocycles. The lowest BCUT2D eigenvalue weighted by Crippen LogP contribution is -2.24. The molecule has 9 heteroatoms. The maximum atomic E-state index is 11.8. The molecule has 0 aliphatic carbocycles. The molecule has 26 heavy (non-hydrogen) atoms. The largest absolute Gasteiger partial charge is 0.494 e. The third-order valence-electron chi connectivity index (χ3n) is 3.64. The number of rotatable bonds is 7. The number of aliphatic imine (C=N–C) groups is 2. The molecule has 8 nitrogen and oxygen atoms in total. The van der Waals surface area contributed by atoms with Gasteiger partial charge in [0, 0.05) is 26.6 Å². The van der Waals surface area contributed by atoms with Gasteiger partial charge in [-0.05, 0) is 31.8 Å². The Balaban J connectivity index is 1.87. The molecule has 1 aromatic carbocycles. The first-order valence-electron chi connectivity index (χ1n) is 8.16. The predicted octanol–water partition coefficient (Wildman–Crippen LogP) is 0.812. The van der Waals surface area contributed by atoms with Crippen molar-refractivity contribution in [1.82, 2.24) is 9.62 Å². The number of amidine groups is 1. The summed E-state index contributed by atoms with van der Waals surface area (Å²) in [4.78, 5) is 10.2. The first-order valence-corrected chi connectivity index (χ1v) is 9.71. The minimum absolute atomic E-state index is 0.145. The van der Waals surface area contributed by atoms with Crippen molar-refractivity contribution in [2.75, 3.05) is 34.3 Å². The van der Waals surface area contributed by atoms with Crippen molar-refractivity contribution in [3.63, 3.8) is 0 Å². The maximum absolute atomic E-state index is 11.8. The van der Waals surface area contributed by atoms with Crippen LogP contribution in [0, 0.1) is 11.3 Å². The summed E-state index contributed by atoms with van der Waals surface area (Å²) in [5.41, 5.74) is 1.32. The van der Waals surface area contributed by atoms with E-state index < -0.39 is 15.3 Å². The van der Waals surface area contributed by atoms with Gasteiger partial charge in [0.15, 0.2) is 5.84 Å². The number of benzene rings is 1. The Morgan fingerprint density at radius 1 is 1.38 bits per heavy atom. The van der Waals surface area contributed by atoms with Crippen molar-refractivity contribution in [3.8, 4) is 11.8 Å². The SMILES string of the molecule is CN=C1C(=NCCCOc2cccc(CN(C)C)c2)NS(=O)(=O)C1C#N. The van der Waals surface area contributed by atoms with Gasteiger partial charge in [-0.1, -0.05) is 12.1 Å². The molecular weight excluding hydrogens is 354 g/mol. The molecule has 1 aromatic rings. The van der Waals surface area contributed by atoms with Gasteiger partial charge in [-0.15, -0.1) is 0 Å². The highest BCUT2D eigenvalue weighted by molar-refractivity contribution is 7.93. The zero-order valence-corrected chi connectivity index (χ0v) is 16.0. The zero-order valence-electron chi connectivity index (χ0n) is 15.1. The summed E-state index contributed by atoms with van der Waals surface area (Å²) < 4.78 is 31.7. The fourth-order valence-corrected chi connectivity index (χ4v) is 3.73. The van der Waals surface area contributed by atoms with E-state index in [9.17, 15) is 8.42 Å². The lowest BCUT2D eigenvalue weighted by atomic mass is 10.2. The Morgan fingerprint density at radius 3 is 2.81 bits per heavy atom. The van der Waals surface area contributed by atoms with E-state index >= 15 is 0 Å². The third-order valence-corrected chi connectivity index (χ3v) is 5.06. The minimum atomic E-state index is -3.76. The normalized spacial score (nSPS) is 21.7. The van der Waals surface area contributed by atoms with Gasteiger partial charge in [0.25, 0.3) is 10.0 Å². The second-order valence-corrected chi connectivity index (χ2v) is 7.85. The van der Waals surface area contributed by atoms with E-state index in [1.54, 1.807) is 6.07 Å². The second-order valence-electron chi connectivity index (χ2n) is 6.08. The van der Waals surface area contributed by atoms with Crippen molar-refractivity contribution in [2.24, 2.45) is 9.98 Å². The molecule has 1 aliphatic rings. The fourth-order valence-electron chi connectivity index (χ4n) is 2.53. The van der Waals surface area contributed by atoms with E-state index in [0.29, 0.717) is 19.6 Å². The summed E-state index contributed by atoms with van der Waals surface area (Å²) in [6, 6.07) is 9.63. The van der Waals surface area contributed by atoms with Crippen molar-refractivity contribution in [3.05, 3.63) is 29.8 Å². The molecule has 0 spiro atoms. The number of ether oxygens (including phenoxy) is 1. The number of nitrogens with zero attached hydrogens (tertiary/aromatic N) is 4. The van der Waals surface area contributed by atoms with E-state index in [-0.39, 0.29) is 11.5 Å². The first-order chi connectivity index (χ1) is 12.4. The summed E-state index contributed by atoms with van der Waals surface area (Å²) in [5, 5.41) is 7.70. The van der Waals surface area contributed by atoms with Crippen LogP contribution in [0.1, 0.15) is 12.0 Å². The molecular formula is C17H23N5O3S. The predicted molar refractivity (Wildman–Crippen MR) is 101 cm³/mol. The van der Waals surface area contributed by atoms with Gasteiger partial charge in [-0.3, -0.25) is 14.7 Å². The van der Waals surface area contributed by atoms with Gasteiger partial charge in [0.05, 0.1) is 12.7 Å². The van der Waals surface area contributed by atoms with Crippen LogP contribution in [-0.2, 0) is 16.6 Å². The van der Waals surface area contributed by atoms with Crippen LogP contribution in [0.2, 0.25) is 0 Å². The van der Waals surface area contributed by atoms with Gasteiger partial charge in [0.2, 0.25) is 5.25 Å². The van der Waals surface area contributed by atoms with Gasteiger partial charge in [-0.2, -0.15) is 5.26 Å². The summed E-state index contributed by atoms with van der Waals surface area (Å²) in [5.74, 6) is 0.936. The Hall–Kier alpha value is -2.44. The molecule has 0 aromatic heterocycles. The highest BCUT2D eigenvalue weighted by Crippen LogP contribution is 2.15. The standard InChI is InChI=1S/C17H23N5O3S/c1-19-16-15(11-18)26(23,24)21-17(16)20-8-5-9-25-14-7-4-6-13(10-14)12-22(2)3/h4,6-7,10,15H,5,8-9,12H2,1-3H3,(H,20,21). The van der Waals surface area contributed by atoms with E-state index in [1.807, 2.05) is 38.4 Å². The monoisotopic (exact) mass is 377 g/mol. The second kappa shape index (κ2) is 8.78. The molecule has 0 saturated carbocycles. The molecule has 1 aliphatic heterocycles. The molecule has 0 radical (unpaired) electrons. The smallest absolute Gasteiger partial charge is 0.256 e.